The SMILES string of the molecule is COCCN1Cn2cc(O)c(=O)c(O)c2C(=O)N1C(C)C. The minimum absolute atomic E-state index is 0.111. The van der Waals surface area contributed by atoms with Gasteiger partial charge in [0.2, 0.25) is 0 Å². The fourth-order valence-electron chi connectivity index (χ4n) is 2.39. The van der Waals surface area contributed by atoms with Crippen molar-refractivity contribution in [1.29, 1.82) is 0 Å². The van der Waals surface area contributed by atoms with Gasteiger partial charge in [0.05, 0.1) is 19.5 Å². The molecule has 2 heterocycles. The average molecular weight is 297 g/mol. The van der Waals surface area contributed by atoms with Crippen molar-refractivity contribution in [3.8, 4) is 11.5 Å². The van der Waals surface area contributed by atoms with Crippen LogP contribution in [-0.2, 0) is 11.4 Å². The van der Waals surface area contributed by atoms with E-state index in [0.717, 1.165) is 6.20 Å². The predicted octanol–water partition coefficient (Wildman–Crippen LogP) is -0.0554. The Labute approximate surface area is 121 Å². The number of carbonyl (C=O) groups is 1. The summed E-state index contributed by atoms with van der Waals surface area (Å²) in [6.07, 6.45) is 1.16. The van der Waals surface area contributed by atoms with Gasteiger partial charge in [-0.2, -0.15) is 5.01 Å². The number of nitrogens with zero attached hydrogens (tertiary/aromatic N) is 3. The number of ether oxygens (including phenoxy) is 1. The molecule has 0 saturated heterocycles. The molecule has 2 rings (SSSR count). The average Bonchev–Trinajstić information content (AvgIpc) is 2.41. The number of aromatic hydroxyl groups is 2. The van der Waals surface area contributed by atoms with Crippen molar-refractivity contribution in [2.45, 2.75) is 26.6 Å². The molecule has 2 N–H and O–H groups in total. The topological polar surface area (TPSA) is 95.2 Å². The number of methoxy groups -OCH3 is 1. The molecule has 1 aliphatic heterocycles. The summed E-state index contributed by atoms with van der Waals surface area (Å²) in [6, 6.07) is -0.147. The second-order valence-electron chi connectivity index (χ2n) is 5.12. The van der Waals surface area contributed by atoms with Gasteiger partial charge in [-0.05, 0) is 13.8 Å². The smallest absolute Gasteiger partial charge is 0.289 e. The Hall–Kier alpha value is -2.06. The largest absolute Gasteiger partial charge is 0.503 e. The van der Waals surface area contributed by atoms with E-state index in [2.05, 4.69) is 0 Å². The van der Waals surface area contributed by atoms with E-state index >= 15 is 0 Å². The predicted molar refractivity (Wildman–Crippen MR) is 73.9 cm³/mol. The van der Waals surface area contributed by atoms with E-state index in [9.17, 15) is 19.8 Å². The second-order valence-corrected chi connectivity index (χ2v) is 5.12. The summed E-state index contributed by atoms with van der Waals surface area (Å²) >= 11 is 0. The Morgan fingerprint density at radius 3 is 2.57 bits per heavy atom. The Balaban J connectivity index is 2.51. The number of pyridine rings is 1. The maximum Gasteiger partial charge on any atom is 0.289 e. The van der Waals surface area contributed by atoms with Gasteiger partial charge in [0.25, 0.3) is 11.3 Å². The highest BCUT2D eigenvalue weighted by Gasteiger charge is 2.35. The summed E-state index contributed by atoms with van der Waals surface area (Å²) in [7, 11) is 1.56. The van der Waals surface area contributed by atoms with Crippen molar-refractivity contribution in [1.82, 2.24) is 14.6 Å². The third kappa shape index (κ3) is 2.59. The third-order valence-corrected chi connectivity index (χ3v) is 3.31. The lowest BCUT2D eigenvalue weighted by atomic mass is 10.2. The number of hydrogen-bond donors (Lipinski definition) is 2. The van der Waals surface area contributed by atoms with Crippen LogP contribution in [0.3, 0.4) is 0 Å². The van der Waals surface area contributed by atoms with Crippen molar-refractivity contribution in [2.24, 2.45) is 0 Å². The zero-order valence-corrected chi connectivity index (χ0v) is 12.2. The van der Waals surface area contributed by atoms with Crippen LogP contribution in [0.1, 0.15) is 24.3 Å². The number of amides is 1. The summed E-state index contributed by atoms with van der Waals surface area (Å²) in [4.78, 5) is 24.2. The van der Waals surface area contributed by atoms with Crippen LogP contribution in [0, 0.1) is 0 Å². The van der Waals surface area contributed by atoms with E-state index in [1.165, 1.54) is 9.58 Å². The maximum atomic E-state index is 12.6. The lowest BCUT2D eigenvalue weighted by Crippen LogP contribution is -2.56. The summed E-state index contributed by atoms with van der Waals surface area (Å²) in [5.74, 6) is -1.80. The summed E-state index contributed by atoms with van der Waals surface area (Å²) in [6.45, 7) is 4.79. The number of hydrogen-bond acceptors (Lipinski definition) is 6. The molecule has 0 aliphatic carbocycles. The van der Waals surface area contributed by atoms with Crippen molar-refractivity contribution in [2.75, 3.05) is 20.3 Å². The zero-order chi connectivity index (χ0) is 15.7. The molecule has 0 unspecified atom stereocenters. The van der Waals surface area contributed by atoms with Gasteiger partial charge in [0.1, 0.15) is 0 Å². The Morgan fingerprint density at radius 1 is 1.33 bits per heavy atom. The first kappa shape index (κ1) is 15.3. The second kappa shape index (κ2) is 5.74. The molecule has 0 fully saturated rings. The normalized spacial score (nSPS) is 15.6. The standard InChI is InChI=1S/C13H19N3O5/c1-8(2)16-13(20)10-12(19)11(18)9(17)6-14(10)7-15(16)4-5-21-3/h6,8,17,19H,4-5,7H2,1-3H3. The van der Waals surface area contributed by atoms with Crippen molar-refractivity contribution < 1.29 is 19.7 Å². The maximum absolute atomic E-state index is 12.6. The molecule has 0 bridgehead atoms. The lowest BCUT2D eigenvalue weighted by molar-refractivity contribution is -0.0709. The number of rotatable bonds is 4. The molecule has 21 heavy (non-hydrogen) atoms. The monoisotopic (exact) mass is 297 g/mol. The number of hydrazine groups is 1. The molecule has 8 nitrogen and oxygen atoms in total. The summed E-state index contributed by atoms with van der Waals surface area (Å²) < 4.78 is 6.39. The summed E-state index contributed by atoms with van der Waals surface area (Å²) in [5.41, 5.74) is -1.05. The molecule has 0 atom stereocenters. The van der Waals surface area contributed by atoms with Gasteiger partial charge in [0, 0.05) is 19.7 Å². The molecule has 8 heteroatoms. The zero-order valence-electron chi connectivity index (χ0n) is 12.2. The van der Waals surface area contributed by atoms with E-state index < -0.39 is 22.8 Å². The van der Waals surface area contributed by atoms with Crippen molar-refractivity contribution >= 4 is 5.91 Å². The van der Waals surface area contributed by atoms with Crippen LogP contribution in [0.2, 0.25) is 0 Å². The lowest BCUT2D eigenvalue weighted by Gasteiger charge is -2.42. The molecule has 0 radical (unpaired) electrons. The Kier molecular flexibility index (Phi) is 4.19. The van der Waals surface area contributed by atoms with Crippen LogP contribution in [0.25, 0.3) is 0 Å². The first-order chi connectivity index (χ1) is 9.88. The minimum atomic E-state index is -0.941. The Bertz CT molecular complexity index is 611. The van der Waals surface area contributed by atoms with Crippen molar-refractivity contribution in [3.63, 3.8) is 0 Å². The first-order valence-electron chi connectivity index (χ1n) is 6.61. The first-order valence-corrected chi connectivity index (χ1v) is 6.61. The fourth-order valence-corrected chi connectivity index (χ4v) is 2.39. The molecule has 0 saturated carbocycles. The van der Waals surface area contributed by atoms with Gasteiger partial charge in [-0.25, -0.2) is 0 Å². The molecule has 1 aromatic rings. The Morgan fingerprint density at radius 2 is 2.00 bits per heavy atom. The minimum Gasteiger partial charge on any atom is -0.503 e. The fraction of sp³-hybridized carbons (Fsp3) is 0.538. The highest BCUT2D eigenvalue weighted by atomic mass is 16.5. The quantitative estimate of drug-likeness (QED) is 0.809. The molecule has 1 amide bonds. The van der Waals surface area contributed by atoms with Crippen LogP contribution >= 0.6 is 0 Å². The van der Waals surface area contributed by atoms with Crippen LogP contribution < -0.4 is 5.43 Å². The van der Waals surface area contributed by atoms with Crippen molar-refractivity contribution in [3.05, 3.63) is 22.1 Å². The molecule has 0 spiro atoms. The van der Waals surface area contributed by atoms with E-state index in [0.29, 0.717) is 13.2 Å². The molecular weight excluding hydrogens is 278 g/mol. The van der Waals surface area contributed by atoms with Gasteiger partial charge in [-0.3, -0.25) is 14.6 Å². The molecule has 0 aromatic carbocycles. The number of aromatic nitrogens is 1. The summed E-state index contributed by atoms with van der Waals surface area (Å²) in [5, 5.41) is 22.6. The molecular formula is C13H19N3O5. The highest BCUT2D eigenvalue weighted by molar-refractivity contribution is 5.95. The van der Waals surface area contributed by atoms with Gasteiger partial charge in [-0.15, -0.1) is 0 Å². The highest BCUT2D eigenvalue weighted by Crippen LogP contribution is 2.25. The van der Waals surface area contributed by atoms with Gasteiger partial charge >= 0.3 is 0 Å². The van der Waals surface area contributed by atoms with E-state index in [4.69, 9.17) is 4.74 Å². The van der Waals surface area contributed by atoms with Gasteiger partial charge in [-0.1, -0.05) is 0 Å². The molecule has 1 aliphatic rings. The molecule has 1 aromatic heterocycles. The van der Waals surface area contributed by atoms with E-state index in [1.54, 1.807) is 12.1 Å². The van der Waals surface area contributed by atoms with Gasteiger partial charge < -0.3 is 19.5 Å². The van der Waals surface area contributed by atoms with Crippen LogP contribution in [0.5, 0.6) is 11.5 Å². The number of carbonyl (C=O) groups excluding carboxylic acids is 1. The third-order valence-electron chi connectivity index (χ3n) is 3.31. The van der Waals surface area contributed by atoms with Gasteiger partial charge in [0.15, 0.2) is 17.2 Å². The van der Waals surface area contributed by atoms with Crippen LogP contribution in [0.15, 0.2) is 11.0 Å². The molecule has 116 valence electrons. The number of fused-ring (bicyclic) bond motifs is 1. The van der Waals surface area contributed by atoms with Crippen LogP contribution in [-0.4, -0.2) is 57.0 Å². The van der Waals surface area contributed by atoms with E-state index in [1.807, 2.05) is 13.8 Å². The van der Waals surface area contributed by atoms with Crippen LogP contribution in [0.4, 0.5) is 0 Å². The van der Waals surface area contributed by atoms with E-state index in [-0.39, 0.29) is 18.4 Å².